The van der Waals surface area contributed by atoms with E-state index < -0.39 is 5.60 Å². The lowest BCUT2D eigenvalue weighted by atomic mass is 9.88. The molecule has 0 amide bonds. The lowest BCUT2D eigenvalue weighted by molar-refractivity contribution is -0.0498. The number of hydrogen-bond donors (Lipinski definition) is 3. The highest BCUT2D eigenvalue weighted by molar-refractivity contribution is 4.99. The lowest BCUT2D eigenvalue weighted by Gasteiger charge is -2.35. The van der Waals surface area contributed by atoms with Crippen molar-refractivity contribution in [3.05, 3.63) is 0 Å². The summed E-state index contributed by atoms with van der Waals surface area (Å²) in [6, 6.07) is 0.900. The Morgan fingerprint density at radius 3 is 2.27 bits per heavy atom. The summed E-state index contributed by atoms with van der Waals surface area (Å²) < 4.78 is 0. The summed E-state index contributed by atoms with van der Waals surface area (Å²) in [5.74, 6) is 0. The van der Waals surface area contributed by atoms with Crippen LogP contribution < -0.4 is 5.32 Å². The minimum atomic E-state index is -0.781. The Hall–Kier alpha value is -0.120. The molecule has 3 nitrogen and oxygen atoms in total. The van der Waals surface area contributed by atoms with Crippen LogP contribution in [0.4, 0.5) is 0 Å². The van der Waals surface area contributed by atoms with Crippen LogP contribution in [-0.4, -0.2) is 34.5 Å². The van der Waals surface area contributed by atoms with Crippen LogP contribution in [0.5, 0.6) is 0 Å². The number of hydrogen-bond acceptors (Lipinski definition) is 3. The molecule has 2 aliphatic rings. The van der Waals surface area contributed by atoms with Crippen LogP contribution in [0.1, 0.15) is 25.7 Å². The van der Waals surface area contributed by atoms with Gasteiger partial charge in [-0.1, -0.05) is 0 Å². The number of aliphatic hydroxyl groups excluding tert-OH is 1. The first-order valence-corrected chi connectivity index (χ1v) is 4.31. The van der Waals surface area contributed by atoms with Gasteiger partial charge in [0, 0.05) is 12.1 Å². The molecule has 0 aliphatic carbocycles. The quantitative estimate of drug-likeness (QED) is 0.486. The molecule has 3 heteroatoms. The first-order chi connectivity index (χ1) is 5.22. The number of rotatable bonds is 1. The fourth-order valence-corrected chi connectivity index (χ4v) is 2.35. The molecule has 3 N–H and O–H groups in total. The molecule has 0 spiro atoms. The third kappa shape index (κ3) is 1.28. The molecule has 2 rings (SSSR count). The standard InChI is InChI=1S/C8H15NO2/c10-5-8(11)3-6-1-2-7(4-8)9-6/h6-7,9-11H,1-5H2/t6-,7+,8?. The maximum atomic E-state index is 9.77. The molecule has 0 aromatic heterocycles. The molecule has 2 heterocycles. The monoisotopic (exact) mass is 157 g/mol. The summed E-state index contributed by atoms with van der Waals surface area (Å²) in [7, 11) is 0. The fourth-order valence-electron chi connectivity index (χ4n) is 2.35. The van der Waals surface area contributed by atoms with Crippen molar-refractivity contribution in [3.8, 4) is 0 Å². The van der Waals surface area contributed by atoms with Crippen molar-refractivity contribution in [2.75, 3.05) is 6.61 Å². The van der Waals surface area contributed by atoms with Gasteiger partial charge in [0.1, 0.15) is 0 Å². The molecule has 64 valence electrons. The molecule has 2 saturated heterocycles. The number of fused-ring (bicyclic) bond motifs is 2. The Morgan fingerprint density at radius 1 is 1.27 bits per heavy atom. The van der Waals surface area contributed by atoms with Gasteiger partial charge >= 0.3 is 0 Å². The van der Waals surface area contributed by atoms with E-state index in [4.69, 9.17) is 5.11 Å². The van der Waals surface area contributed by atoms with Gasteiger partial charge in [0.05, 0.1) is 12.2 Å². The Balaban J connectivity index is 2.07. The lowest BCUT2D eigenvalue weighted by Crippen LogP contribution is -2.50. The molecule has 11 heavy (non-hydrogen) atoms. The second kappa shape index (κ2) is 2.44. The highest BCUT2D eigenvalue weighted by atomic mass is 16.3. The van der Waals surface area contributed by atoms with Crippen molar-refractivity contribution in [2.24, 2.45) is 0 Å². The maximum absolute atomic E-state index is 9.77. The Labute approximate surface area is 66.4 Å². The van der Waals surface area contributed by atoms with Crippen molar-refractivity contribution < 1.29 is 10.2 Å². The molecule has 0 aromatic carbocycles. The van der Waals surface area contributed by atoms with E-state index in [0.29, 0.717) is 12.1 Å². The predicted molar refractivity (Wildman–Crippen MR) is 41.2 cm³/mol. The smallest absolute Gasteiger partial charge is 0.0907 e. The van der Waals surface area contributed by atoms with E-state index in [1.807, 2.05) is 0 Å². The summed E-state index contributed by atoms with van der Waals surface area (Å²) in [6.45, 7) is -0.0817. The first kappa shape index (κ1) is 7.53. The number of piperidine rings is 1. The average molecular weight is 157 g/mol. The summed E-state index contributed by atoms with van der Waals surface area (Å²) in [5, 5.41) is 22.1. The van der Waals surface area contributed by atoms with Crippen molar-refractivity contribution in [1.82, 2.24) is 5.32 Å². The van der Waals surface area contributed by atoms with E-state index in [2.05, 4.69) is 5.32 Å². The van der Waals surface area contributed by atoms with Gasteiger partial charge in [-0.05, 0) is 25.7 Å². The predicted octanol–water partition coefficient (Wildman–Crippen LogP) is -0.376. The molecular weight excluding hydrogens is 142 g/mol. The summed E-state index contributed by atoms with van der Waals surface area (Å²) in [6.07, 6.45) is 3.76. The highest BCUT2D eigenvalue weighted by Crippen LogP contribution is 2.33. The second-order valence-electron chi connectivity index (χ2n) is 3.93. The van der Waals surface area contributed by atoms with Gasteiger partial charge in [0.25, 0.3) is 0 Å². The maximum Gasteiger partial charge on any atom is 0.0907 e. The van der Waals surface area contributed by atoms with Gasteiger partial charge in [-0.25, -0.2) is 0 Å². The summed E-state index contributed by atoms with van der Waals surface area (Å²) >= 11 is 0. The third-order valence-corrected chi connectivity index (χ3v) is 2.88. The second-order valence-corrected chi connectivity index (χ2v) is 3.93. The van der Waals surface area contributed by atoms with Gasteiger partial charge in [-0.15, -0.1) is 0 Å². The van der Waals surface area contributed by atoms with Crippen molar-refractivity contribution in [3.63, 3.8) is 0 Å². The number of aliphatic hydroxyl groups is 2. The fraction of sp³-hybridized carbons (Fsp3) is 1.00. The van der Waals surface area contributed by atoms with Crippen LogP contribution in [0, 0.1) is 0 Å². The zero-order valence-corrected chi connectivity index (χ0v) is 6.58. The van der Waals surface area contributed by atoms with Gasteiger partial charge in [-0.3, -0.25) is 0 Å². The van der Waals surface area contributed by atoms with Gasteiger partial charge in [0.2, 0.25) is 0 Å². The molecule has 0 radical (unpaired) electrons. The van der Waals surface area contributed by atoms with Crippen LogP contribution in [0.15, 0.2) is 0 Å². The third-order valence-electron chi connectivity index (χ3n) is 2.88. The molecule has 1 unspecified atom stereocenters. The molecule has 2 aliphatic heterocycles. The minimum Gasteiger partial charge on any atom is -0.393 e. The van der Waals surface area contributed by atoms with Crippen molar-refractivity contribution in [1.29, 1.82) is 0 Å². The van der Waals surface area contributed by atoms with Crippen LogP contribution in [0.3, 0.4) is 0 Å². The Kier molecular flexibility index (Phi) is 1.67. The average Bonchev–Trinajstić information content (AvgIpc) is 2.31. The van der Waals surface area contributed by atoms with E-state index in [0.717, 1.165) is 25.7 Å². The summed E-state index contributed by atoms with van der Waals surface area (Å²) in [4.78, 5) is 0. The zero-order valence-electron chi connectivity index (χ0n) is 6.58. The van der Waals surface area contributed by atoms with E-state index in [-0.39, 0.29) is 6.61 Å². The zero-order chi connectivity index (χ0) is 7.90. The van der Waals surface area contributed by atoms with Crippen LogP contribution in [0.25, 0.3) is 0 Å². The normalized spacial score (nSPS) is 49.6. The van der Waals surface area contributed by atoms with E-state index in [1.54, 1.807) is 0 Å². The van der Waals surface area contributed by atoms with Crippen molar-refractivity contribution >= 4 is 0 Å². The molecule has 0 aromatic rings. The molecule has 0 saturated carbocycles. The highest BCUT2D eigenvalue weighted by Gasteiger charge is 2.41. The molecule has 3 atom stereocenters. The van der Waals surface area contributed by atoms with Crippen molar-refractivity contribution in [2.45, 2.75) is 43.4 Å². The van der Waals surface area contributed by atoms with Crippen LogP contribution in [0.2, 0.25) is 0 Å². The van der Waals surface area contributed by atoms with E-state index in [9.17, 15) is 5.11 Å². The van der Waals surface area contributed by atoms with Crippen LogP contribution in [-0.2, 0) is 0 Å². The largest absolute Gasteiger partial charge is 0.393 e. The summed E-state index contributed by atoms with van der Waals surface area (Å²) in [5.41, 5.74) is -0.781. The minimum absolute atomic E-state index is 0.0817. The van der Waals surface area contributed by atoms with E-state index in [1.165, 1.54) is 0 Å². The van der Waals surface area contributed by atoms with Gasteiger partial charge < -0.3 is 15.5 Å². The molecule has 2 bridgehead atoms. The first-order valence-electron chi connectivity index (χ1n) is 4.31. The SMILES string of the molecule is OCC1(O)C[C@H]2CC[C@@H](C1)N2. The topological polar surface area (TPSA) is 52.5 Å². The molecule has 2 fully saturated rings. The van der Waals surface area contributed by atoms with Crippen LogP contribution >= 0.6 is 0 Å². The molecular formula is C8H15NO2. The Morgan fingerprint density at radius 2 is 1.82 bits per heavy atom. The van der Waals surface area contributed by atoms with Gasteiger partial charge in [-0.2, -0.15) is 0 Å². The Bertz CT molecular complexity index is 148. The van der Waals surface area contributed by atoms with E-state index >= 15 is 0 Å². The van der Waals surface area contributed by atoms with Gasteiger partial charge in [0.15, 0.2) is 0 Å². The number of nitrogens with one attached hydrogen (secondary N) is 1.